The van der Waals surface area contributed by atoms with Gasteiger partial charge in [-0.2, -0.15) is 0 Å². The van der Waals surface area contributed by atoms with E-state index in [1.165, 1.54) is 18.9 Å². The van der Waals surface area contributed by atoms with E-state index >= 15 is 4.39 Å². The van der Waals surface area contributed by atoms with Crippen LogP contribution in [0.15, 0.2) is 36.5 Å². The number of halogens is 2. The number of piperazine rings is 1. The Morgan fingerprint density at radius 3 is 2.91 bits per heavy atom. The SMILES string of the molecule is Oc1cc(-c2ncc3c4c(c(OCC56CCCN5CCC6)nc3c2F)OCC2C3CCC(CN42)N3)c2c(Cl)cccc2c1. The molecular weight excluding hydrogens is 569 g/mol. The number of phenols is 1. The Morgan fingerprint density at radius 1 is 1.19 bits per heavy atom. The first-order valence-electron chi connectivity index (χ1n) is 15.5. The number of nitrogens with zero attached hydrogens (tertiary/aromatic N) is 4. The molecule has 7 heterocycles. The summed E-state index contributed by atoms with van der Waals surface area (Å²) in [4.78, 5) is 14.4. The summed E-state index contributed by atoms with van der Waals surface area (Å²) >= 11 is 6.61. The summed E-state index contributed by atoms with van der Waals surface area (Å²) in [6.45, 7) is 4.03. The molecule has 8 nitrogen and oxygen atoms in total. The van der Waals surface area contributed by atoms with Crippen LogP contribution in [0.5, 0.6) is 17.4 Å². The van der Waals surface area contributed by atoms with Gasteiger partial charge in [0.25, 0.3) is 5.88 Å². The second kappa shape index (κ2) is 9.55. The minimum Gasteiger partial charge on any atom is -0.508 e. The van der Waals surface area contributed by atoms with Crippen LogP contribution < -0.4 is 19.7 Å². The lowest BCUT2D eigenvalue weighted by Crippen LogP contribution is -2.61. The van der Waals surface area contributed by atoms with Crippen molar-refractivity contribution in [1.82, 2.24) is 20.2 Å². The highest BCUT2D eigenvalue weighted by Gasteiger charge is 2.47. The van der Waals surface area contributed by atoms with E-state index in [4.69, 9.17) is 26.1 Å². The number of phenolic OH excluding ortho intramolecular Hbond substituents is 1. The molecule has 4 fully saturated rings. The molecule has 0 spiro atoms. The minimum atomic E-state index is -0.571. The molecule has 10 heteroatoms. The molecule has 0 aliphatic carbocycles. The Kier molecular flexibility index (Phi) is 5.78. The maximum absolute atomic E-state index is 16.9. The van der Waals surface area contributed by atoms with Crippen molar-refractivity contribution in [1.29, 1.82) is 0 Å². The molecule has 0 radical (unpaired) electrons. The molecule has 5 aliphatic rings. The molecule has 2 aromatic carbocycles. The van der Waals surface area contributed by atoms with Crippen LogP contribution in [0.25, 0.3) is 32.9 Å². The van der Waals surface area contributed by atoms with E-state index in [2.05, 4.69) is 20.1 Å². The van der Waals surface area contributed by atoms with Crippen LogP contribution in [0.3, 0.4) is 0 Å². The third-order valence-corrected chi connectivity index (χ3v) is 10.9. The lowest BCUT2D eigenvalue weighted by atomic mass is 9.95. The first kappa shape index (κ1) is 26.0. The van der Waals surface area contributed by atoms with E-state index in [1.807, 2.05) is 12.1 Å². The molecule has 2 N–H and O–H groups in total. The van der Waals surface area contributed by atoms with Crippen LogP contribution in [-0.4, -0.2) is 76.5 Å². The van der Waals surface area contributed by atoms with Gasteiger partial charge in [-0.1, -0.05) is 23.7 Å². The van der Waals surface area contributed by atoms with Crippen molar-refractivity contribution in [2.45, 2.75) is 62.2 Å². The zero-order valence-electron chi connectivity index (χ0n) is 23.8. The van der Waals surface area contributed by atoms with Gasteiger partial charge in [0, 0.05) is 46.2 Å². The zero-order chi connectivity index (χ0) is 28.9. The fourth-order valence-corrected chi connectivity index (χ4v) is 8.86. The summed E-state index contributed by atoms with van der Waals surface area (Å²) in [5.74, 6) is 0.371. The molecule has 43 heavy (non-hydrogen) atoms. The van der Waals surface area contributed by atoms with Gasteiger partial charge >= 0.3 is 0 Å². The smallest absolute Gasteiger partial charge is 0.260 e. The van der Waals surface area contributed by atoms with Crippen LogP contribution in [-0.2, 0) is 0 Å². The van der Waals surface area contributed by atoms with Gasteiger partial charge in [0.15, 0.2) is 5.82 Å². The average Bonchev–Trinajstić information content (AvgIpc) is 3.70. The number of fused-ring (bicyclic) bond motifs is 10. The van der Waals surface area contributed by atoms with Crippen LogP contribution in [0.2, 0.25) is 5.02 Å². The fraction of sp³-hybridized carbons (Fsp3) is 0.455. The summed E-state index contributed by atoms with van der Waals surface area (Å²) in [5.41, 5.74) is 1.52. The van der Waals surface area contributed by atoms with Crippen molar-refractivity contribution in [3.8, 4) is 28.6 Å². The molecule has 4 aromatic rings. The molecule has 3 unspecified atom stereocenters. The van der Waals surface area contributed by atoms with Crippen LogP contribution in [0.1, 0.15) is 38.5 Å². The van der Waals surface area contributed by atoms with Crippen LogP contribution in [0, 0.1) is 5.82 Å². The highest BCUT2D eigenvalue weighted by Crippen LogP contribution is 2.50. The van der Waals surface area contributed by atoms with E-state index in [1.54, 1.807) is 18.3 Å². The quantitative estimate of drug-likeness (QED) is 0.310. The predicted octanol–water partition coefficient (Wildman–Crippen LogP) is 5.66. The Morgan fingerprint density at radius 2 is 2.05 bits per heavy atom. The van der Waals surface area contributed by atoms with Crippen molar-refractivity contribution in [3.63, 3.8) is 0 Å². The van der Waals surface area contributed by atoms with Gasteiger partial charge in [-0.15, -0.1) is 0 Å². The molecule has 0 amide bonds. The van der Waals surface area contributed by atoms with Crippen molar-refractivity contribution in [2.75, 3.05) is 37.7 Å². The van der Waals surface area contributed by atoms with E-state index in [0.29, 0.717) is 63.7 Å². The van der Waals surface area contributed by atoms with E-state index in [0.717, 1.165) is 51.0 Å². The van der Waals surface area contributed by atoms with Crippen molar-refractivity contribution in [3.05, 3.63) is 47.4 Å². The van der Waals surface area contributed by atoms with Crippen LogP contribution >= 0.6 is 11.6 Å². The molecule has 3 atom stereocenters. The Balaban J connectivity index is 1.23. The van der Waals surface area contributed by atoms with E-state index in [9.17, 15) is 5.11 Å². The van der Waals surface area contributed by atoms with E-state index in [-0.39, 0.29) is 28.5 Å². The molecule has 0 saturated carbocycles. The number of hydrogen-bond donors (Lipinski definition) is 2. The Labute approximate surface area is 253 Å². The third-order valence-electron chi connectivity index (χ3n) is 10.6. The lowest BCUT2D eigenvalue weighted by molar-refractivity contribution is 0.106. The number of aromatic hydroxyl groups is 1. The molecular formula is C33H33ClFN5O3. The summed E-state index contributed by atoms with van der Waals surface area (Å²) in [6, 6.07) is 9.38. The van der Waals surface area contributed by atoms with Crippen LogP contribution in [0.4, 0.5) is 10.1 Å². The highest BCUT2D eigenvalue weighted by molar-refractivity contribution is 6.36. The summed E-state index contributed by atoms with van der Waals surface area (Å²) < 4.78 is 29.9. The molecule has 222 valence electrons. The zero-order valence-corrected chi connectivity index (χ0v) is 24.5. The fourth-order valence-electron chi connectivity index (χ4n) is 8.57. The second-order valence-electron chi connectivity index (χ2n) is 12.9. The number of pyridine rings is 2. The average molecular weight is 602 g/mol. The van der Waals surface area contributed by atoms with Gasteiger partial charge in [-0.05, 0) is 75.2 Å². The number of aromatic nitrogens is 2. The van der Waals surface area contributed by atoms with Crippen molar-refractivity contribution in [2.24, 2.45) is 0 Å². The largest absolute Gasteiger partial charge is 0.508 e. The van der Waals surface area contributed by atoms with Gasteiger partial charge in [0.05, 0.1) is 17.3 Å². The molecule has 2 aromatic heterocycles. The maximum Gasteiger partial charge on any atom is 0.260 e. The second-order valence-corrected chi connectivity index (χ2v) is 13.3. The van der Waals surface area contributed by atoms with Gasteiger partial charge in [0.1, 0.15) is 30.2 Å². The first-order valence-corrected chi connectivity index (χ1v) is 15.8. The van der Waals surface area contributed by atoms with Gasteiger partial charge < -0.3 is 24.8 Å². The monoisotopic (exact) mass is 601 g/mol. The highest BCUT2D eigenvalue weighted by atomic mass is 35.5. The third kappa shape index (κ3) is 3.87. The molecule has 2 bridgehead atoms. The number of nitrogens with one attached hydrogen (secondary N) is 1. The normalized spacial score (nSPS) is 25.5. The predicted molar refractivity (Wildman–Crippen MR) is 164 cm³/mol. The number of benzene rings is 2. The minimum absolute atomic E-state index is 0.00799. The molecule has 5 aliphatic heterocycles. The summed E-state index contributed by atoms with van der Waals surface area (Å²) in [7, 11) is 0. The van der Waals surface area contributed by atoms with Crippen molar-refractivity contribution < 1.29 is 19.0 Å². The maximum atomic E-state index is 16.9. The van der Waals surface area contributed by atoms with Gasteiger partial charge in [-0.3, -0.25) is 9.88 Å². The number of ether oxygens (including phenoxy) is 2. The van der Waals surface area contributed by atoms with Crippen molar-refractivity contribution >= 4 is 39.0 Å². The van der Waals surface area contributed by atoms with E-state index < -0.39 is 5.82 Å². The molecule has 9 rings (SSSR count). The lowest BCUT2D eigenvalue weighted by Gasteiger charge is -2.46. The standard InChI is InChI=1S/C33H33ClFN5O3/c34-23-5-1-4-18-12-20(41)13-21(26(18)23)28-27(35)29-22(14-36-28)30-31(42-16-25-24-7-6-19(37-24)15-40(25)30)32(38-29)43-17-33-8-2-10-39(33)11-3-9-33/h1,4-5,12-14,19,24-25,37,41H,2-3,6-11,15-17H2. The number of hydrogen-bond acceptors (Lipinski definition) is 8. The Bertz CT molecular complexity index is 1790. The number of anilines is 1. The molecule has 4 saturated heterocycles. The van der Waals surface area contributed by atoms with Gasteiger partial charge in [0.2, 0.25) is 5.75 Å². The number of rotatable bonds is 4. The topological polar surface area (TPSA) is 83.0 Å². The van der Waals surface area contributed by atoms with Gasteiger partial charge in [-0.25, -0.2) is 9.37 Å². The summed E-state index contributed by atoms with van der Waals surface area (Å²) in [6.07, 6.45) is 8.43. The first-order chi connectivity index (χ1) is 21.0. The Hall–Kier alpha value is -3.40. The summed E-state index contributed by atoms with van der Waals surface area (Å²) in [5, 5.41) is 16.7.